The van der Waals surface area contributed by atoms with Crippen LogP contribution in [0.4, 0.5) is 5.69 Å². The molecule has 0 aromatic heterocycles. The monoisotopic (exact) mass is 291 g/mol. The average Bonchev–Trinajstić information content (AvgIpc) is 2.72. The summed E-state index contributed by atoms with van der Waals surface area (Å²) in [6, 6.07) is 6.82. The Morgan fingerprint density at radius 1 is 1.24 bits per heavy atom. The molecule has 1 aromatic rings. The van der Waals surface area contributed by atoms with Crippen molar-refractivity contribution >= 4 is 17.4 Å². The number of ether oxygens (including phenoxy) is 1. The number of carbonyl (C=O) groups excluding carboxylic acids is 1. The van der Waals surface area contributed by atoms with Crippen LogP contribution in [0.25, 0.3) is 0 Å². The number of amides is 1. The van der Waals surface area contributed by atoms with Gasteiger partial charge in [-0.1, -0.05) is 12.1 Å². The van der Waals surface area contributed by atoms with E-state index in [4.69, 9.17) is 15.7 Å². The van der Waals surface area contributed by atoms with Gasteiger partial charge in [0.1, 0.15) is 0 Å². The maximum absolute atomic E-state index is 12.4. The van der Waals surface area contributed by atoms with Gasteiger partial charge >= 0.3 is 0 Å². The molecule has 114 valence electrons. The van der Waals surface area contributed by atoms with Crippen LogP contribution in [-0.4, -0.2) is 29.2 Å². The largest absolute Gasteiger partial charge is 0.409 e. The van der Waals surface area contributed by atoms with Crippen LogP contribution < -0.4 is 11.1 Å². The molecule has 21 heavy (non-hydrogen) atoms. The molecule has 0 aliphatic carbocycles. The van der Waals surface area contributed by atoms with Gasteiger partial charge in [0.25, 0.3) is 0 Å². The van der Waals surface area contributed by atoms with E-state index < -0.39 is 0 Å². The number of amidine groups is 1. The number of nitrogens with one attached hydrogen (secondary N) is 1. The fourth-order valence-corrected chi connectivity index (χ4v) is 2.73. The number of benzene rings is 1. The van der Waals surface area contributed by atoms with E-state index in [9.17, 15) is 4.79 Å². The van der Waals surface area contributed by atoms with Crippen LogP contribution in [0.5, 0.6) is 0 Å². The van der Waals surface area contributed by atoms with Gasteiger partial charge in [-0.2, -0.15) is 0 Å². The molecule has 0 radical (unpaired) electrons. The zero-order valence-corrected chi connectivity index (χ0v) is 12.4. The molecule has 4 unspecified atom stereocenters. The van der Waals surface area contributed by atoms with Crippen LogP contribution in [-0.2, 0) is 9.53 Å². The Kier molecular flexibility index (Phi) is 4.47. The lowest BCUT2D eigenvalue weighted by Crippen LogP contribution is -2.32. The predicted molar refractivity (Wildman–Crippen MR) is 80.2 cm³/mol. The molecule has 1 saturated heterocycles. The number of anilines is 1. The Morgan fingerprint density at radius 2 is 1.86 bits per heavy atom. The lowest BCUT2D eigenvalue weighted by Gasteiger charge is -2.18. The van der Waals surface area contributed by atoms with E-state index >= 15 is 0 Å². The molecular weight excluding hydrogens is 270 g/mol. The summed E-state index contributed by atoms with van der Waals surface area (Å²) in [7, 11) is 0. The molecule has 6 heteroatoms. The molecule has 4 N–H and O–H groups in total. The van der Waals surface area contributed by atoms with E-state index in [0.29, 0.717) is 11.3 Å². The quantitative estimate of drug-likeness (QED) is 0.342. The lowest BCUT2D eigenvalue weighted by molar-refractivity contribution is -0.121. The second-order valence-electron chi connectivity index (χ2n) is 5.48. The van der Waals surface area contributed by atoms with Gasteiger partial charge in [-0.15, -0.1) is 0 Å². The van der Waals surface area contributed by atoms with E-state index in [1.807, 2.05) is 20.8 Å². The molecule has 2 rings (SSSR count). The van der Waals surface area contributed by atoms with Crippen LogP contribution in [0.1, 0.15) is 26.3 Å². The van der Waals surface area contributed by atoms with Gasteiger partial charge in [-0.25, -0.2) is 0 Å². The van der Waals surface area contributed by atoms with Crippen molar-refractivity contribution in [1.29, 1.82) is 0 Å². The van der Waals surface area contributed by atoms with Gasteiger partial charge in [-0.3, -0.25) is 4.79 Å². The zero-order chi connectivity index (χ0) is 15.6. The smallest absolute Gasteiger partial charge is 0.230 e. The van der Waals surface area contributed by atoms with Crippen molar-refractivity contribution in [2.45, 2.75) is 33.0 Å². The summed E-state index contributed by atoms with van der Waals surface area (Å²) >= 11 is 0. The van der Waals surface area contributed by atoms with Crippen molar-refractivity contribution in [3.8, 4) is 0 Å². The second kappa shape index (κ2) is 6.13. The van der Waals surface area contributed by atoms with Crippen LogP contribution in [0, 0.1) is 11.8 Å². The van der Waals surface area contributed by atoms with Gasteiger partial charge in [0.05, 0.1) is 18.1 Å². The second-order valence-corrected chi connectivity index (χ2v) is 5.48. The first-order chi connectivity index (χ1) is 9.93. The fourth-order valence-electron chi connectivity index (χ4n) is 2.73. The number of carbonyl (C=O) groups is 1. The average molecular weight is 291 g/mol. The minimum Gasteiger partial charge on any atom is -0.409 e. The van der Waals surface area contributed by atoms with E-state index in [0.717, 1.165) is 0 Å². The minimum absolute atomic E-state index is 0.0353. The molecule has 1 heterocycles. The third-order valence-electron chi connectivity index (χ3n) is 4.10. The molecule has 6 nitrogen and oxygen atoms in total. The van der Waals surface area contributed by atoms with Crippen molar-refractivity contribution in [3.05, 3.63) is 29.8 Å². The number of nitrogens with zero attached hydrogens (tertiary/aromatic N) is 1. The Bertz CT molecular complexity index is 542. The van der Waals surface area contributed by atoms with Crippen molar-refractivity contribution < 1.29 is 14.7 Å². The first kappa shape index (κ1) is 15.3. The molecule has 1 amide bonds. The molecule has 0 bridgehead atoms. The first-order valence-corrected chi connectivity index (χ1v) is 6.98. The van der Waals surface area contributed by atoms with Crippen LogP contribution in [0.3, 0.4) is 0 Å². The summed E-state index contributed by atoms with van der Waals surface area (Å²) in [6.07, 6.45) is -0.00914. The Labute approximate surface area is 124 Å². The fraction of sp³-hybridized carbons (Fsp3) is 0.467. The minimum atomic E-state index is -0.163. The highest BCUT2D eigenvalue weighted by molar-refractivity contribution is 5.98. The summed E-state index contributed by atoms with van der Waals surface area (Å²) in [6.45, 7) is 5.94. The SMILES string of the molecule is CC1OC(C)C(C(=O)Nc2ccc(C(N)=NO)cc2)C1C. The molecule has 0 spiro atoms. The summed E-state index contributed by atoms with van der Waals surface area (Å²) in [4.78, 5) is 12.4. The van der Waals surface area contributed by atoms with Gasteiger partial charge in [0, 0.05) is 11.3 Å². The summed E-state index contributed by atoms with van der Waals surface area (Å²) in [5, 5.41) is 14.4. The van der Waals surface area contributed by atoms with Gasteiger partial charge in [0.15, 0.2) is 5.84 Å². The maximum Gasteiger partial charge on any atom is 0.230 e. The predicted octanol–water partition coefficient (Wildman–Crippen LogP) is 1.78. The topological polar surface area (TPSA) is 96.9 Å². The number of rotatable bonds is 3. The molecule has 0 saturated carbocycles. The van der Waals surface area contributed by atoms with E-state index in [-0.39, 0.29) is 35.8 Å². The highest BCUT2D eigenvalue weighted by Gasteiger charge is 2.41. The number of nitrogens with two attached hydrogens (primary N) is 1. The van der Waals surface area contributed by atoms with Gasteiger partial charge in [0.2, 0.25) is 5.91 Å². The van der Waals surface area contributed by atoms with E-state index in [1.165, 1.54) is 0 Å². The molecule has 4 atom stereocenters. The van der Waals surface area contributed by atoms with Crippen molar-refractivity contribution in [2.24, 2.45) is 22.7 Å². The molecular formula is C15H21N3O3. The van der Waals surface area contributed by atoms with E-state index in [1.54, 1.807) is 24.3 Å². The van der Waals surface area contributed by atoms with Crippen molar-refractivity contribution in [3.63, 3.8) is 0 Å². The van der Waals surface area contributed by atoms with Crippen molar-refractivity contribution in [1.82, 2.24) is 0 Å². The van der Waals surface area contributed by atoms with Gasteiger partial charge < -0.3 is 21.0 Å². The first-order valence-electron chi connectivity index (χ1n) is 6.98. The zero-order valence-electron chi connectivity index (χ0n) is 12.4. The highest BCUT2D eigenvalue weighted by Crippen LogP contribution is 2.32. The molecule has 1 aliphatic rings. The number of oxime groups is 1. The standard InChI is InChI=1S/C15H21N3O3/c1-8-9(2)21-10(3)13(8)15(19)17-12-6-4-11(5-7-12)14(16)18-20/h4-10,13,20H,1-3H3,(H2,16,18)(H,17,19). The normalized spacial score (nSPS) is 29.4. The molecule has 1 aliphatic heterocycles. The van der Waals surface area contributed by atoms with E-state index in [2.05, 4.69) is 10.5 Å². The number of hydrogen-bond donors (Lipinski definition) is 3. The third-order valence-corrected chi connectivity index (χ3v) is 4.10. The lowest BCUT2D eigenvalue weighted by atomic mass is 9.89. The molecule has 1 fully saturated rings. The summed E-state index contributed by atoms with van der Waals surface area (Å²) in [5.41, 5.74) is 6.76. The Hall–Kier alpha value is -2.08. The summed E-state index contributed by atoms with van der Waals surface area (Å²) < 4.78 is 5.69. The van der Waals surface area contributed by atoms with Crippen LogP contribution >= 0.6 is 0 Å². The van der Waals surface area contributed by atoms with Crippen LogP contribution in [0.15, 0.2) is 29.4 Å². The maximum atomic E-state index is 12.4. The Balaban J connectivity index is 2.06. The van der Waals surface area contributed by atoms with Crippen molar-refractivity contribution in [2.75, 3.05) is 5.32 Å². The van der Waals surface area contributed by atoms with Gasteiger partial charge in [-0.05, 0) is 44.0 Å². The summed E-state index contributed by atoms with van der Waals surface area (Å²) in [5.74, 6) is 0.00391. The third kappa shape index (κ3) is 3.16. The highest BCUT2D eigenvalue weighted by atomic mass is 16.5. The van der Waals surface area contributed by atoms with Crippen LogP contribution in [0.2, 0.25) is 0 Å². The molecule has 1 aromatic carbocycles. The Morgan fingerprint density at radius 3 is 2.33 bits per heavy atom. The number of hydrogen-bond acceptors (Lipinski definition) is 4.